The van der Waals surface area contributed by atoms with Crippen LogP contribution in [0.25, 0.3) is 0 Å². The zero-order chi connectivity index (χ0) is 13.2. The standard InChI is InChI=1S/C12H14BrF3N2/c13-10-1-2-11(17-7-10)8-18-5-3-9(4-6-18)12(14,15)16/h1-2,7,9H,3-6,8H2. The molecule has 100 valence electrons. The monoisotopic (exact) mass is 322 g/mol. The number of rotatable bonds is 2. The van der Waals surface area contributed by atoms with Crippen molar-refractivity contribution in [3.63, 3.8) is 0 Å². The van der Waals surface area contributed by atoms with Crippen LogP contribution in [-0.4, -0.2) is 29.1 Å². The number of likely N-dealkylation sites (tertiary alicyclic amines) is 1. The van der Waals surface area contributed by atoms with Crippen LogP contribution in [0.2, 0.25) is 0 Å². The summed E-state index contributed by atoms with van der Waals surface area (Å²) >= 11 is 3.30. The van der Waals surface area contributed by atoms with Gasteiger partial charge in [-0.3, -0.25) is 9.88 Å². The van der Waals surface area contributed by atoms with Gasteiger partial charge in [0.05, 0.1) is 11.6 Å². The molecular formula is C12H14BrF3N2. The van der Waals surface area contributed by atoms with Gasteiger partial charge in [0.25, 0.3) is 0 Å². The molecule has 1 aliphatic rings. The van der Waals surface area contributed by atoms with Crippen molar-refractivity contribution in [2.75, 3.05) is 13.1 Å². The van der Waals surface area contributed by atoms with Crippen LogP contribution < -0.4 is 0 Å². The fourth-order valence-electron chi connectivity index (χ4n) is 2.15. The molecule has 1 aliphatic heterocycles. The van der Waals surface area contributed by atoms with Gasteiger partial charge in [-0.25, -0.2) is 0 Å². The van der Waals surface area contributed by atoms with E-state index >= 15 is 0 Å². The Morgan fingerprint density at radius 1 is 1.28 bits per heavy atom. The molecule has 0 spiro atoms. The molecule has 0 unspecified atom stereocenters. The number of nitrogens with zero attached hydrogens (tertiary/aromatic N) is 2. The van der Waals surface area contributed by atoms with Crippen molar-refractivity contribution in [1.82, 2.24) is 9.88 Å². The van der Waals surface area contributed by atoms with E-state index in [-0.39, 0.29) is 12.8 Å². The van der Waals surface area contributed by atoms with Crippen molar-refractivity contribution in [1.29, 1.82) is 0 Å². The molecule has 1 aromatic rings. The number of halogens is 4. The third-order valence-electron chi connectivity index (χ3n) is 3.22. The Kier molecular flexibility index (Phi) is 4.27. The highest BCUT2D eigenvalue weighted by molar-refractivity contribution is 9.10. The van der Waals surface area contributed by atoms with Gasteiger partial charge in [0.1, 0.15) is 0 Å². The molecule has 0 amide bonds. The topological polar surface area (TPSA) is 16.1 Å². The van der Waals surface area contributed by atoms with Crippen LogP contribution in [0.4, 0.5) is 13.2 Å². The first-order valence-electron chi connectivity index (χ1n) is 5.84. The van der Waals surface area contributed by atoms with Crippen LogP contribution in [0.5, 0.6) is 0 Å². The first kappa shape index (κ1) is 13.8. The zero-order valence-corrected chi connectivity index (χ0v) is 11.3. The lowest BCUT2D eigenvalue weighted by molar-refractivity contribution is -0.185. The Morgan fingerprint density at radius 3 is 2.44 bits per heavy atom. The van der Waals surface area contributed by atoms with Gasteiger partial charge in [-0.15, -0.1) is 0 Å². The maximum Gasteiger partial charge on any atom is 0.391 e. The van der Waals surface area contributed by atoms with Crippen molar-refractivity contribution in [3.8, 4) is 0 Å². The minimum atomic E-state index is -4.04. The molecule has 0 bridgehead atoms. The normalized spacial score (nSPS) is 19.1. The average molecular weight is 323 g/mol. The molecule has 0 N–H and O–H groups in total. The summed E-state index contributed by atoms with van der Waals surface area (Å²) in [4.78, 5) is 6.26. The summed E-state index contributed by atoms with van der Waals surface area (Å²) in [5.41, 5.74) is 0.892. The maximum atomic E-state index is 12.5. The molecule has 2 rings (SSSR count). The number of alkyl halides is 3. The highest BCUT2D eigenvalue weighted by atomic mass is 79.9. The lowest BCUT2D eigenvalue weighted by Crippen LogP contribution is -2.38. The second-order valence-corrected chi connectivity index (χ2v) is 5.48. The van der Waals surface area contributed by atoms with Gasteiger partial charge in [0, 0.05) is 17.2 Å². The SMILES string of the molecule is FC(F)(F)C1CCN(Cc2ccc(Br)cn2)CC1. The quantitative estimate of drug-likeness (QED) is 0.826. The Labute approximate surface area is 112 Å². The highest BCUT2D eigenvalue weighted by Gasteiger charge is 2.40. The van der Waals surface area contributed by atoms with Crippen LogP contribution in [0, 0.1) is 5.92 Å². The van der Waals surface area contributed by atoms with Gasteiger partial charge in [-0.2, -0.15) is 13.2 Å². The number of piperidine rings is 1. The van der Waals surface area contributed by atoms with Gasteiger partial charge in [0.2, 0.25) is 0 Å². The predicted octanol–water partition coefficient (Wildman–Crippen LogP) is 3.62. The van der Waals surface area contributed by atoms with E-state index in [1.54, 1.807) is 6.20 Å². The van der Waals surface area contributed by atoms with E-state index in [2.05, 4.69) is 20.9 Å². The summed E-state index contributed by atoms with van der Waals surface area (Å²) in [5, 5.41) is 0. The third-order valence-corrected chi connectivity index (χ3v) is 3.69. The van der Waals surface area contributed by atoms with E-state index in [1.807, 2.05) is 17.0 Å². The summed E-state index contributed by atoms with van der Waals surface area (Å²) in [7, 11) is 0. The van der Waals surface area contributed by atoms with E-state index in [1.165, 1.54) is 0 Å². The lowest BCUT2D eigenvalue weighted by atomic mass is 9.96. The van der Waals surface area contributed by atoms with Crippen molar-refractivity contribution in [2.45, 2.75) is 25.6 Å². The van der Waals surface area contributed by atoms with Crippen molar-refractivity contribution >= 4 is 15.9 Å². The molecule has 0 aliphatic carbocycles. The number of aromatic nitrogens is 1. The minimum Gasteiger partial charge on any atom is -0.297 e. The highest BCUT2D eigenvalue weighted by Crippen LogP contribution is 2.34. The first-order valence-corrected chi connectivity index (χ1v) is 6.64. The molecule has 0 radical (unpaired) electrons. The van der Waals surface area contributed by atoms with Gasteiger partial charge < -0.3 is 0 Å². The fraction of sp³-hybridized carbons (Fsp3) is 0.583. The molecule has 1 aromatic heterocycles. The molecule has 0 aromatic carbocycles. The van der Waals surface area contributed by atoms with E-state index in [4.69, 9.17) is 0 Å². The van der Waals surface area contributed by atoms with Gasteiger partial charge in [-0.1, -0.05) is 0 Å². The van der Waals surface area contributed by atoms with Gasteiger partial charge in [-0.05, 0) is 54.0 Å². The number of hydrogen-bond acceptors (Lipinski definition) is 2. The Balaban J connectivity index is 1.85. The summed E-state index contributed by atoms with van der Waals surface area (Å²) < 4.78 is 38.4. The molecule has 6 heteroatoms. The second-order valence-electron chi connectivity index (χ2n) is 4.56. The second kappa shape index (κ2) is 5.57. The largest absolute Gasteiger partial charge is 0.391 e. The van der Waals surface area contributed by atoms with Crippen molar-refractivity contribution in [2.24, 2.45) is 5.92 Å². The maximum absolute atomic E-state index is 12.5. The Bertz CT molecular complexity index is 383. The lowest BCUT2D eigenvalue weighted by Gasteiger charge is -2.32. The van der Waals surface area contributed by atoms with Gasteiger partial charge >= 0.3 is 6.18 Å². The van der Waals surface area contributed by atoms with Crippen LogP contribution in [0.1, 0.15) is 18.5 Å². The molecular weight excluding hydrogens is 309 g/mol. The first-order chi connectivity index (χ1) is 8.45. The number of pyridine rings is 1. The number of hydrogen-bond donors (Lipinski definition) is 0. The Hall–Kier alpha value is -0.620. The third kappa shape index (κ3) is 3.68. The van der Waals surface area contributed by atoms with Crippen LogP contribution in [0.15, 0.2) is 22.8 Å². The van der Waals surface area contributed by atoms with Crippen molar-refractivity contribution < 1.29 is 13.2 Å². The molecule has 2 nitrogen and oxygen atoms in total. The predicted molar refractivity (Wildman–Crippen MR) is 66.0 cm³/mol. The van der Waals surface area contributed by atoms with Crippen LogP contribution in [0.3, 0.4) is 0 Å². The smallest absolute Gasteiger partial charge is 0.297 e. The molecule has 18 heavy (non-hydrogen) atoms. The zero-order valence-electron chi connectivity index (χ0n) is 9.75. The van der Waals surface area contributed by atoms with Crippen molar-refractivity contribution in [3.05, 3.63) is 28.5 Å². The van der Waals surface area contributed by atoms with E-state index < -0.39 is 12.1 Å². The van der Waals surface area contributed by atoms with Gasteiger partial charge in [0.15, 0.2) is 0 Å². The molecule has 0 atom stereocenters. The minimum absolute atomic E-state index is 0.194. The molecule has 0 saturated carbocycles. The summed E-state index contributed by atoms with van der Waals surface area (Å²) in [6.07, 6.45) is -1.94. The summed E-state index contributed by atoms with van der Waals surface area (Å²) in [5.74, 6) is -1.13. The van der Waals surface area contributed by atoms with Crippen LogP contribution in [-0.2, 0) is 6.54 Å². The fourth-order valence-corrected chi connectivity index (χ4v) is 2.38. The van der Waals surface area contributed by atoms with Crippen LogP contribution >= 0.6 is 15.9 Å². The molecule has 1 saturated heterocycles. The van der Waals surface area contributed by atoms with E-state index in [0.717, 1.165) is 10.2 Å². The average Bonchev–Trinajstić information content (AvgIpc) is 2.32. The van der Waals surface area contributed by atoms with E-state index in [0.29, 0.717) is 19.6 Å². The summed E-state index contributed by atoms with van der Waals surface area (Å²) in [6, 6.07) is 3.78. The summed E-state index contributed by atoms with van der Waals surface area (Å²) in [6.45, 7) is 1.60. The Morgan fingerprint density at radius 2 is 1.94 bits per heavy atom. The van der Waals surface area contributed by atoms with E-state index in [9.17, 15) is 13.2 Å². The molecule has 1 fully saturated rings. The molecule has 2 heterocycles.